The molecule has 3 amide bonds. The number of amides is 3. The maximum atomic E-state index is 14.5. The molecule has 1 aliphatic heterocycles. The van der Waals surface area contributed by atoms with Crippen LogP contribution in [0.1, 0.15) is 37.8 Å². The van der Waals surface area contributed by atoms with E-state index in [-0.39, 0.29) is 17.4 Å². The second kappa shape index (κ2) is 9.41. The molecule has 1 aromatic heterocycles. The van der Waals surface area contributed by atoms with E-state index in [9.17, 15) is 23.9 Å². The maximum absolute atomic E-state index is 14.5. The molecule has 2 heterocycles. The number of pyridine rings is 1. The van der Waals surface area contributed by atoms with Gasteiger partial charge in [-0.3, -0.25) is 10.1 Å². The quantitative estimate of drug-likeness (QED) is 0.530. The molecule has 1 unspecified atom stereocenters. The van der Waals surface area contributed by atoms with Crippen molar-refractivity contribution in [2.75, 3.05) is 17.7 Å². The first-order valence-corrected chi connectivity index (χ1v) is 9.73. The van der Waals surface area contributed by atoms with E-state index in [1.807, 2.05) is 0 Å². The predicted octanol–water partition coefficient (Wildman–Crippen LogP) is 4.13. The van der Waals surface area contributed by atoms with Crippen molar-refractivity contribution in [1.29, 1.82) is 0 Å². The minimum atomic E-state index is -1.27. The molecule has 164 valence electrons. The molecule has 1 aromatic carbocycles. The van der Waals surface area contributed by atoms with Crippen LogP contribution < -0.4 is 16.0 Å². The third-order valence-electron chi connectivity index (χ3n) is 5.14. The summed E-state index contributed by atoms with van der Waals surface area (Å²) in [6.45, 7) is 1.76. The van der Waals surface area contributed by atoms with Crippen molar-refractivity contribution in [3.63, 3.8) is 0 Å². The topological polar surface area (TPSA) is 130 Å². The lowest BCUT2D eigenvalue weighted by Gasteiger charge is -2.22. The second-order valence-electron chi connectivity index (χ2n) is 7.30. The van der Waals surface area contributed by atoms with Crippen LogP contribution in [0.3, 0.4) is 0 Å². The van der Waals surface area contributed by atoms with E-state index in [0.717, 1.165) is 0 Å². The Balaban J connectivity index is 2.12. The molecule has 0 radical (unpaired) electrons. The van der Waals surface area contributed by atoms with E-state index in [4.69, 9.17) is 0 Å². The number of ether oxygens (including phenoxy) is 1. The molecule has 31 heavy (non-hydrogen) atoms. The summed E-state index contributed by atoms with van der Waals surface area (Å²) in [5, 5.41) is 16.9. The lowest BCUT2D eigenvalue weighted by Crippen LogP contribution is -2.28. The summed E-state index contributed by atoms with van der Waals surface area (Å²) >= 11 is 0. The first-order chi connectivity index (χ1) is 14.8. The molecule has 0 aliphatic carbocycles. The first-order valence-electron chi connectivity index (χ1n) is 9.73. The minimum absolute atomic E-state index is 0.127. The van der Waals surface area contributed by atoms with Crippen LogP contribution in [0.2, 0.25) is 0 Å². The van der Waals surface area contributed by atoms with Gasteiger partial charge in [-0.1, -0.05) is 19.4 Å². The molecule has 0 saturated carbocycles. The number of methoxy groups -OCH3 is 1. The molecule has 2 bridgehead atoms. The first kappa shape index (κ1) is 22.0. The Morgan fingerprint density at radius 2 is 2.06 bits per heavy atom. The van der Waals surface area contributed by atoms with Gasteiger partial charge in [0.05, 0.1) is 18.8 Å². The van der Waals surface area contributed by atoms with E-state index in [1.54, 1.807) is 25.1 Å². The van der Waals surface area contributed by atoms with Crippen LogP contribution in [0, 0.1) is 11.9 Å². The van der Waals surface area contributed by atoms with Gasteiger partial charge in [0.15, 0.2) is 0 Å². The average molecular weight is 430 g/mol. The van der Waals surface area contributed by atoms with Crippen molar-refractivity contribution in [3.05, 3.63) is 42.0 Å². The summed E-state index contributed by atoms with van der Waals surface area (Å²) in [5.41, 5.74) is 1.95. The highest BCUT2D eigenvalue weighted by molar-refractivity contribution is 5.98. The number of nitrogens with one attached hydrogen (secondary N) is 3. The van der Waals surface area contributed by atoms with E-state index < -0.39 is 24.2 Å². The van der Waals surface area contributed by atoms with Crippen LogP contribution in [-0.2, 0) is 9.53 Å². The van der Waals surface area contributed by atoms with Gasteiger partial charge >= 0.3 is 12.2 Å². The van der Waals surface area contributed by atoms with Crippen molar-refractivity contribution in [2.45, 2.75) is 32.2 Å². The largest absolute Gasteiger partial charge is 0.465 e. The summed E-state index contributed by atoms with van der Waals surface area (Å²) < 4.78 is 19.1. The molecular formula is C21H23FN4O5. The molecule has 9 nitrogen and oxygen atoms in total. The lowest BCUT2D eigenvalue weighted by molar-refractivity contribution is -0.119. The third kappa shape index (κ3) is 5.27. The Labute approximate surface area is 178 Å². The van der Waals surface area contributed by atoms with Gasteiger partial charge in [-0.05, 0) is 31.0 Å². The van der Waals surface area contributed by atoms with Crippen LogP contribution >= 0.6 is 0 Å². The number of aromatic nitrogens is 1. The number of benzene rings is 1. The van der Waals surface area contributed by atoms with Gasteiger partial charge in [0.25, 0.3) is 0 Å². The van der Waals surface area contributed by atoms with Crippen molar-refractivity contribution >= 4 is 29.5 Å². The number of halogens is 1. The van der Waals surface area contributed by atoms with Gasteiger partial charge in [0.1, 0.15) is 0 Å². The van der Waals surface area contributed by atoms with Gasteiger partial charge in [0, 0.05) is 34.5 Å². The number of carbonyl (C=O) groups is 3. The van der Waals surface area contributed by atoms with Gasteiger partial charge in [-0.15, -0.1) is 0 Å². The fraction of sp³-hybridized carbons (Fsp3) is 0.333. The molecule has 4 N–H and O–H groups in total. The number of rotatable bonds is 2. The van der Waals surface area contributed by atoms with Gasteiger partial charge in [-0.2, -0.15) is 4.39 Å². The number of fused-ring (bicyclic) bond motifs is 4. The fourth-order valence-electron chi connectivity index (χ4n) is 3.47. The molecule has 0 saturated heterocycles. The Kier molecular flexibility index (Phi) is 6.68. The molecule has 2 aromatic rings. The van der Waals surface area contributed by atoms with Crippen LogP contribution in [0.4, 0.5) is 25.4 Å². The number of nitrogens with zero attached hydrogens (tertiary/aromatic N) is 1. The normalized spacial score (nSPS) is 18.5. The standard InChI is InChI=1S/C21H23FN4O5/c1-11-4-3-5-16(26-20(28)29)15-8-12(10-23-18(15)22)14-7-6-13(24-21(30)31-2)9-17(14)25-19(11)27/h6-11,16,26H,3-5H2,1-2H3,(H,24,30)(H,25,27)(H,28,29)/t11?,16-/m0/s1. The van der Waals surface area contributed by atoms with Crippen LogP contribution in [0.15, 0.2) is 30.5 Å². The van der Waals surface area contributed by atoms with Gasteiger partial charge in [0.2, 0.25) is 11.9 Å². The summed E-state index contributed by atoms with van der Waals surface area (Å²) in [5.74, 6) is -1.35. The van der Waals surface area contributed by atoms with Crippen LogP contribution in [0.5, 0.6) is 0 Å². The highest BCUT2D eigenvalue weighted by Crippen LogP contribution is 2.34. The summed E-state index contributed by atoms with van der Waals surface area (Å²) in [4.78, 5) is 39.3. The Hall–Kier alpha value is -3.69. The Bertz CT molecular complexity index is 1010. The monoisotopic (exact) mass is 430 g/mol. The highest BCUT2D eigenvalue weighted by atomic mass is 19.1. The Morgan fingerprint density at radius 3 is 2.77 bits per heavy atom. The van der Waals surface area contributed by atoms with Crippen molar-refractivity contribution in [1.82, 2.24) is 10.3 Å². The zero-order valence-electron chi connectivity index (χ0n) is 17.1. The molecule has 1 aliphatic rings. The molecule has 0 spiro atoms. The van der Waals surface area contributed by atoms with Crippen LogP contribution in [-0.4, -0.2) is 35.3 Å². The van der Waals surface area contributed by atoms with Crippen molar-refractivity contribution < 1.29 is 28.6 Å². The minimum Gasteiger partial charge on any atom is -0.465 e. The number of hydrogen-bond donors (Lipinski definition) is 4. The molecule has 2 atom stereocenters. The summed E-state index contributed by atoms with van der Waals surface area (Å²) in [6, 6.07) is 5.54. The SMILES string of the molecule is COC(=O)Nc1ccc2c(c1)NC(=O)C(C)CCC[C@H](NC(=O)O)c1cc-2cnc1F. The number of carbonyl (C=O) groups excluding carboxylic acids is 2. The lowest BCUT2D eigenvalue weighted by atomic mass is 9.94. The number of anilines is 2. The predicted molar refractivity (Wildman–Crippen MR) is 111 cm³/mol. The second-order valence-corrected chi connectivity index (χ2v) is 7.30. The zero-order valence-corrected chi connectivity index (χ0v) is 17.1. The van der Waals surface area contributed by atoms with E-state index in [0.29, 0.717) is 41.8 Å². The number of carboxylic acid groups (broad SMARTS) is 1. The molecule has 0 fully saturated rings. The third-order valence-corrected chi connectivity index (χ3v) is 5.14. The molecule has 10 heteroatoms. The van der Waals surface area contributed by atoms with Crippen LogP contribution in [0.25, 0.3) is 11.1 Å². The number of hydrogen-bond acceptors (Lipinski definition) is 5. The van der Waals surface area contributed by atoms with E-state index in [1.165, 1.54) is 19.4 Å². The average Bonchev–Trinajstić information content (AvgIpc) is 2.72. The summed E-state index contributed by atoms with van der Waals surface area (Å²) in [7, 11) is 1.24. The van der Waals surface area contributed by atoms with Crippen molar-refractivity contribution in [3.8, 4) is 11.1 Å². The van der Waals surface area contributed by atoms with E-state index in [2.05, 4.69) is 25.7 Å². The molecular weight excluding hydrogens is 407 g/mol. The highest BCUT2D eigenvalue weighted by Gasteiger charge is 2.23. The smallest absolute Gasteiger partial charge is 0.411 e. The molecule has 3 rings (SSSR count). The zero-order chi connectivity index (χ0) is 22.5. The van der Waals surface area contributed by atoms with Gasteiger partial charge in [-0.25, -0.2) is 14.6 Å². The fourth-order valence-corrected chi connectivity index (χ4v) is 3.47. The Morgan fingerprint density at radius 1 is 1.29 bits per heavy atom. The van der Waals surface area contributed by atoms with Gasteiger partial charge < -0.3 is 20.5 Å². The van der Waals surface area contributed by atoms with E-state index >= 15 is 0 Å². The summed E-state index contributed by atoms with van der Waals surface area (Å²) in [6.07, 6.45) is 0.673. The maximum Gasteiger partial charge on any atom is 0.411 e. The van der Waals surface area contributed by atoms with Crippen molar-refractivity contribution in [2.24, 2.45) is 5.92 Å².